The van der Waals surface area contributed by atoms with E-state index in [9.17, 15) is 9.90 Å². The highest BCUT2D eigenvalue weighted by Crippen LogP contribution is 2.23. The summed E-state index contributed by atoms with van der Waals surface area (Å²) in [7, 11) is 0. The number of amides is 1. The molecule has 1 aliphatic rings. The molecule has 166 valence electrons. The van der Waals surface area contributed by atoms with E-state index >= 15 is 0 Å². The average molecular weight is 431 g/mol. The van der Waals surface area contributed by atoms with E-state index in [1.165, 1.54) is 0 Å². The molecule has 0 radical (unpaired) electrons. The van der Waals surface area contributed by atoms with Gasteiger partial charge in [-0.2, -0.15) is 0 Å². The molecule has 1 aliphatic carbocycles. The molecule has 1 amide bonds. The maximum Gasteiger partial charge on any atom is 0.251 e. The lowest BCUT2D eigenvalue weighted by atomic mass is 9.92. The van der Waals surface area contributed by atoms with Crippen LogP contribution in [0.5, 0.6) is 0 Å². The van der Waals surface area contributed by atoms with Crippen molar-refractivity contribution < 1.29 is 9.90 Å². The molecule has 0 bridgehead atoms. The molecule has 1 aromatic heterocycles. The van der Waals surface area contributed by atoms with Crippen LogP contribution in [0.2, 0.25) is 0 Å². The van der Waals surface area contributed by atoms with Crippen molar-refractivity contribution in [1.82, 2.24) is 10.3 Å². The quantitative estimate of drug-likeness (QED) is 0.437. The van der Waals surface area contributed by atoms with Crippen LogP contribution in [0.3, 0.4) is 0 Å². The zero-order chi connectivity index (χ0) is 22.5. The SMILES string of the molecule is Cc1ccc(C(=O)N[C@H]2CCCC[C@@H]2O)cc1NCc1cncc(-c2ccc(N)cc2)c1. The third-order valence-corrected chi connectivity index (χ3v) is 6.07. The molecule has 32 heavy (non-hydrogen) atoms. The lowest BCUT2D eigenvalue weighted by Crippen LogP contribution is -2.45. The summed E-state index contributed by atoms with van der Waals surface area (Å²) >= 11 is 0. The van der Waals surface area contributed by atoms with E-state index < -0.39 is 6.10 Å². The molecule has 0 spiro atoms. The molecule has 2 aromatic carbocycles. The van der Waals surface area contributed by atoms with Crippen LogP contribution in [-0.2, 0) is 6.54 Å². The highest BCUT2D eigenvalue weighted by atomic mass is 16.3. The summed E-state index contributed by atoms with van der Waals surface area (Å²) in [6.45, 7) is 2.60. The molecule has 6 nitrogen and oxygen atoms in total. The van der Waals surface area contributed by atoms with Gasteiger partial charge in [-0.25, -0.2) is 0 Å². The zero-order valence-electron chi connectivity index (χ0n) is 18.3. The normalized spacial score (nSPS) is 18.2. The van der Waals surface area contributed by atoms with Crippen molar-refractivity contribution in [1.29, 1.82) is 0 Å². The van der Waals surface area contributed by atoms with Crippen molar-refractivity contribution in [2.75, 3.05) is 11.1 Å². The first kappa shape index (κ1) is 21.8. The second kappa shape index (κ2) is 9.83. The smallest absolute Gasteiger partial charge is 0.251 e. The van der Waals surface area contributed by atoms with Crippen molar-refractivity contribution in [3.05, 3.63) is 77.6 Å². The number of benzene rings is 2. The number of rotatable bonds is 6. The number of nitrogens with zero attached hydrogens (tertiary/aromatic N) is 1. The fourth-order valence-corrected chi connectivity index (χ4v) is 4.10. The van der Waals surface area contributed by atoms with Gasteiger partial charge in [0.15, 0.2) is 0 Å². The van der Waals surface area contributed by atoms with Crippen LogP contribution >= 0.6 is 0 Å². The molecule has 4 rings (SSSR count). The number of hydrogen-bond acceptors (Lipinski definition) is 5. The summed E-state index contributed by atoms with van der Waals surface area (Å²) in [6.07, 6.45) is 6.83. The third kappa shape index (κ3) is 5.26. The Bertz CT molecular complexity index is 1080. The number of aryl methyl sites for hydroxylation is 1. The van der Waals surface area contributed by atoms with Gasteiger partial charge in [0.05, 0.1) is 12.1 Å². The molecule has 0 unspecified atom stereocenters. The molecule has 0 aliphatic heterocycles. The molecule has 1 heterocycles. The molecule has 6 heteroatoms. The summed E-state index contributed by atoms with van der Waals surface area (Å²) in [5, 5.41) is 16.6. The van der Waals surface area contributed by atoms with Crippen LogP contribution in [0.25, 0.3) is 11.1 Å². The fraction of sp³-hybridized carbons (Fsp3) is 0.308. The van der Waals surface area contributed by atoms with Gasteiger partial charge in [0, 0.05) is 41.4 Å². The van der Waals surface area contributed by atoms with Gasteiger partial charge in [0.25, 0.3) is 5.91 Å². The minimum Gasteiger partial charge on any atom is -0.399 e. The van der Waals surface area contributed by atoms with Crippen molar-refractivity contribution in [3.63, 3.8) is 0 Å². The van der Waals surface area contributed by atoms with Crippen LogP contribution in [0.4, 0.5) is 11.4 Å². The van der Waals surface area contributed by atoms with Crippen LogP contribution < -0.4 is 16.4 Å². The Balaban J connectivity index is 1.44. The number of pyridine rings is 1. The molecule has 2 atom stereocenters. The maximum atomic E-state index is 12.8. The Kier molecular flexibility index (Phi) is 6.71. The first-order valence-corrected chi connectivity index (χ1v) is 11.1. The standard InChI is InChI=1S/C26H30N4O2/c1-17-6-7-20(26(32)30-23-4-2-3-5-25(23)31)13-24(17)29-15-18-12-21(16-28-14-18)19-8-10-22(27)11-9-19/h6-14,16,23,25,29,31H,2-5,15,27H2,1H3,(H,30,32)/t23-,25-/m0/s1. The maximum absolute atomic E-state index is 12.8. The monoisotopic (exact) mass is 430 g/mol. The number of aromatic nitrogens is 1. The van der Waals surface area contributed by atoms with E-state index in [0.717, 1.165) is 59.3 Å². The van der Waals surface area contributed by atoms with Crippen LogP contribution in [-0.4, -0.2) is 28.1 Å². The Hall–Kier alpha value is -3.38. The third-order valence-electron chi connectivity index (χ3n) is 6.07. The van der Waals surface area contributed by atoms with Gasteiger partial charge in [-0.3, -0.25) is 9.78 Å². The van der Waals surface area contributed by atoms with Crippen molar-refractivity contribution in [2.24, 2.45) is 0 Å². The van der Waals surface area contributed by atoms with E-state index in [4.69, 9.17) is 5.73 Å². The van der Waals surface area contributed by atoms with Gasteiger partial charge < -0.3 is 21.5 Å². The predicted octanol–water partition coefficient (Wildman–Crippen LogP) is 4.28. The number of hydrogen-bond donors (Lipinski definition) is 4. The Labute approximate surface area is 188 Å². The average Bonchev–Trinajstić information content (AvgIpc) is 2.80. The zero-order valence-corrected chi connectivity index (χ0v) is 18.3. The minimum atomic E-state index is -0.462. The second-order valence-corrected chi connectivity index (χ2v) is 8.52. The van der Waals surface area contributed by atoms with E-state index in [0.29, 0.717) is 12.1 Å². The van der Waals surface area contributed by atoms with E-state index in [1.807, 2.05) is 61.8 Å². The number of nitrogens with one attached hydrogen (secondary N) is 2. The lowest BCUT2D eigenvalue weighted by molar-refractivity contribution is 0.0717. The van der Waals surface area contributed by atoms with Gasteiger partial charge in [-0.15, -0.1) is 0 Å². The molecule has 1 saturated carbocycles. The van der Waals surface area contributed by atoms with Crippen LogP contribution in [0.1, 0.15) is 47.2 Å². The first-order valence-electron chi connectivity index (χ1n) is 11.1. The van der Waals surface area contributed by atoms with Crippen LogP contribution in [0.15, 0.2) is 60.9 Å². The van der Waals surface area contributed by atoms with Gasteiger partial charge in [-0.05, 0) is 66.8 Å². The summed E-state index contributed by atoms with van der Waals surface area (Å²) < 4.78 is 0. The van der Waals surface area contributed by atoms with Crippen molar-refractivity contribution in [2.45, 2.75) is 51.3 Å². The van der Waals surface area contributed by atoms with Gasteiger partial charge in [0.2, 0.25) is 0 Å². The molecule has 5 N–H and O–H groups in total. The number of nitrogen functional groups attached to an aromatic ring is 1. The number of aliphatic hydroxyl groups is 1. The molecular weight excluding hydrogens is 400 g/mol. The fourth-order valence-electron chi connectivity index (χ4n) is 4.10. The molecule has 1 fully saturated rings. The summed E-state index contributed by atoms with van der Waals surface area (Å²) in [6, 6.07) is 15.3. The highest BCUT2D eigenvalue weighted by Gasteiger charge is 2.25. The Morgan fingerprint density at radius 3 is 2.62 bits per heavy atom. The van der Waals surface area contributed by atoms with E-state index in [-0.39, 0.29) is 11.9 Å². The van der Waals surface area contributed by atoms with Crippen molar-refractivity contribution in [3.8, 4) is 11.1 Å². The second-order valence-electron chi connectivity index (χ2n) is 8.52. The highest BCUT2D eigenvalue weighted by molar-refractivity contribution is 5.95. The molecule has 0 saturated heterocycles. The minimum absolute atomic E-state index is 0.147. The van der Waals surface area contributed by atoms with E-state index in [1.54, 1.807) is 0 Å². The Morgan fingerprint density at radius 1 is 1.06 bits per heavy atom. The predicted molar refractivity (Wildman–Crippen MR) is 128 cm³/mol. The number of carbonyl (C=O) groups is 1. The summed E-state index contributed by atoms with van der Waals surface area (Å²) in [5.41, 5.74) is 12.2. The first-order chi connectivity index (χ1) is 15.5. The summed E-state index contributed by atoms with van der Waals surface area (Å²) in [4.78, 5) is 17.1. The number of anilines is 2. The summed E-state index contributed by atoms with van der Waals surface area (Å²) in [5.74, 6) is -0.147. The largest absolute Gasteiger partial charge is 0.399 e. The number of carbonyl (C=O) groups excluding carboxylic acids is 1. The number of aliphatic hydroxyl groups excluding tert-OH is 1. The Morgan fingerprint density at radius 2 is 1.84 bits per heavy atom. The topological polar surface area (TPSA) is 100 Å². The van der Waals surface area contributed by atoms with Crippen molar-refractivity contribution >= 4 is 17.3 Å². The van der Waals surface area contributed by atoms with Gasteiger partial charge in [0.1, 0.15) is 0 Å². The van der Waals surface area contributed by atoms with Gasteiger partial charge in [-0.1, -0.05) is 31.0 Å². The lowest BCUT2D eigenvalue weighted by Gasteiger charge is -2.28. The number of nitrogens with two attached hydrogens (primary N) is 1. The molecule has 3 aromatic rings. The molecular formula is C26H30N4O2. The van der Waals surface area contributed by atoms with Crippen LogP contribution in [0, 0.1) is 6.92 Å². The van der Waals surface area contributed by atoms with E-state index in [2.05, 4.69) is 21.7 Å². The van der Waals surface area contributed by atoms with Gasteiger partial charge >= 0.3 is 0 Å².